The zero-order valence-electron chi connectivity index (χ0n) is 6.86. The Morgan fingerprint density at radius 3 is 3.08 bits per heavy atom. The first kappa shape index (κ1) is 7.93. The summed E-state index contributed by atoms with van der Waals surface area (Å²) in [7, 11) is 0. The molecule has 1 atom stereocenters. The van der Waals surface area contributed by atoms with Crippen molar-refractivity contribution < 1.29 is 0 Å². The third-order valence-corrected chi connectivity index (χ3v) is 3.13. The van der Waals surface area contributed by atoms with E-state index in [0.29, 0.717) is 5.25 Å². The highest BCUT2D eigenvalue weighted by Gasteiger charge is 2.09. The summed E-state index contributed by atoms with van der Waals surface area (Å²) < 4.78 is 0. The zero-order chi connectivity index (χ0) is 8.23. The Morgan fingerprint density at radius 1 is 1.42 bits per heavy atom. The molecule has 0 saturated heterocycles. The largest absolute Gasteiger partial charge is 0.118 e. The lowest BCUT2D eigenvalue weighted by Gasteiger charge is -2.05. The van der Waals surface area contributed by atoms with Crippen molar-refractivity contribution in [3.63, 3.8) is 0 Å². The SMILES string of the molecule is [c]1ccccc1SC1C=CCC1. The molecule has 0 N–H and O–H groups in total. The molecule has 0 aromatic heterocycles. The quantitative estimate of drug-likeness (QED) is 0.621. The third-order valence-electron chi connectivity index (χ3n) is 1.93. The highest BCUT2D eigenvalue weighted by atomic mass is 32.2. The molecule has 1 aliphatic carbocycles. The Kier molecular flexibility index (Phi) is 2.52. The predicted octanol–water partition coefficient (Wildman–Crippen LogP) is 3.30. The Morgan fingerprint density at radius 2 is 2.42 bits per heavy atom. The van der Waals surface area contributed by atoms with Gasteiger partial charge < -0.3 is 0 Å². The van der Waals surface area contributed by atoms with E-state index >= 15 is 0 Å². The normalized spacial score (nSPS) is 21.5. The van der Waals surface area contributed by atoms with E-state index < -0.39 is 0 Å². The summed E-state index contributed by atoms with van der Waals surface area (Å²) in [5.74, 6) is 0. The van der Waals surface area contributed by atoms with Crippen molar-refractivity contribution in [3.8, 4) is 0 Å². The molecule has 0 spiro atoms. The standard InChI is InChI=1S/C11H11S/c1-2-6-10(7-3-1)12-11-8-4-5-9-11/h1-4,6,8,11H,5,9H2. The molecular formula is C11H11S. The van der Waals surface area contributed by atoms with Gasteiger partial charge in [0, 0.05) is 10.1 Å². The van der Waals surface area contributed by atoms with Gasteiger partial charge in [-0.3, -0.25) is 0 Å². The average molecular weight is 175 g/mol. The zero-order valence-corrected chi connectivity index (χ0v) is 7.68. The van der Waals surface area contributed by atoms with Gasteiger partial charge in [-0.15, -0.1) is 11.8 Å². The van der Waals surface area contributed by atoms with Crippen LogP contribution in [0, 0.1) is 6.07 Å². The van der Waals surface area contributed by atoms with Crippen LogP contribution in [0.1, 0.15) is 12.8 Å². The molecular weight excluding hydrogens is 164 g/mol. The average Bonchev–Trinajstić information content (AvgIpc) is 2.59. The molecule has 0 saturated carbocycles. The van der Waals surface area contributed by atoms with Crippen LogP contribution in [-0.2, 0) is 0 Å². The van der Waals surface area contributed by atoms with Gasteiger partial charge in [-0.2, -0.15) is 0 Å². The van der Waals surface area contributed by atoms with Gasteiger partial charge in [-0.25, -0.2) is 0 Å². The van der Waals surface area contributed by atoms with Gasteiger partial charge in [-0.1, -0.05) is 30.4 Å². The molecule has 61 valence electrons. The van der Waals surface area contributed by atoms with Gasteiger partial charge in [0.25, 0.3) is 0 Å². The fraction of sp³-hybridized carbons (Fsp3) is 0.273. The number of hydrogen-bond donors (Lipinski definition) is 0. The lowest BCUT2D eigenvalue weighted by atomic mass is 10.4. The molecule has 1 aromatic rings. The summed E-state index contributed by atoms with van der Waals surface area (Å²) in [6, 6.07) is 11.4. The van der Waals surface area contributed by atoms with E-state index in [1.165, 1.54) is 17.7 Å². The maximum atomic E-state index is 3.22. The monoisotopic (exact) mass is 175 g/mol. The molecule has 0 fully saturated rings. The number of hydrogen-bond acceptors (Lipinski definition) is 1. The van der Waals surface area contributed by atoms with Crippen molar-refractivity contribution >= 4 is 11.8 Å². The lowest BCUT2D eigenvalue weighted by molar-refractivity contribution is 0.943. The summed E-state index contributed by atoms with van der Waals surface area (Å²) >= 11 is 1.91. The van der Waals surface area contributed by atoms with Crippen LogP contribution in [0.5, 0.6) is 0 Å². The van der Waals surface area contributed by atoms with Crippen molar-refractivity contribution in [1.82, 2.24) is 0 Å². The number of allylic oxidation sites excluding steroid dienone is 1. The second kappa shape index (κ2) is 3.81. The summed E-state index contributed by atoms with van der Waals surface area (Å²) in [5.41, 5.74) is 0. The van der Waals surface area contributed by atoms with Crippen LogP contribution < -0.4 is 0 Å². The number of rotatable bonds is 2. The van der Waals surface area contributed by atoms with Crippen LogP contribution in [0.2, 0.25) is 0 Å². The molecule has 0 amide bonds. The fourth-order valence-electron chi connectivity index (χ4n) is 1.32. The minimum Gasteiger partial charge on any atom is -0.118 e. The fourth-order valence-corrected chi connectivity index (χ4v) is 2.38. The van der Waals surface area contributed by atoms with Gasteiger partial charge in [0.15, 0.2) is 0 Å². The third kappa shape index (κ3) is 1.92. The molecule has 1 unspecified atom stereocenters. The first-order chi connectivity index (χ1) is 5.95. The molecule has 1 heteroatoms. The number of thioether (sulfide) groups is 1. The highest BCUT2D eigenvalue weighted by molar-refractivity contribution is 8.00. The Labute approximate surface area is 77.7 Å². The smallest absolute Gasteiger partial charge is 0.0277 e. The van der Waals surface area contributed by atoms with Crippen molar-refractivity contribution in [2.45, 2.75) is 23.0 Å². The Hall–Kier alpha value is -0.690. The lowest BCUT2D eigenvalue weighted by Crippen LogP contribution is -1.90. The van der Waals surface area contributed by atoms with Gasteiger partial charge in [-0.05, 0) is 25.0 Å². The Bertz CT molecular complexity index is 264. The van der Waals surface area contributed by atoms with E-state index in [1.807, 2.05) is 23.9 Å². The topological polar surface area (TPSA) is 0 Å². The summed E-state index contributed by atoms with van der Waals surface area (Å²) in [5, 5.41) is 0.684. The molecule has 0 aliphatic heterocycles. The Balaban J connectivity index is 1.99. The summed E-state index contributed by atoms with van der Waals surface area (Å²) in [6.07, 6.45) is 7.09. The van der Waals surface area contributed by atoms with E-state index in [4.69, 9.17) is 0 Å². The van der Waals surface area contributed by atoms with E-state index in [-0.39, 0.29) is 0 Å². The van der Waals surface area contributed by atoms with Crippen LogP contribution >= 0.6 is 11.8 Å². The molecule has 0 nitrogen and oxygen atoms in total. The van der Waals surface area contributed by atoms with E-state index in [1.54, 1.807) is 0 Å². The molecule has 1 aromatic carbocycles. The first-order valence-corrected chi connectivity index (χ1v) is 5.13. The predicted molar refractivity (Wildman–Crippen MR) is 53.3 cm³/mol. The number of benzene rings is 1. The maximum Gasteiger partial charge on any atom is 0.0277 e. The second-order valence-corrected chi connectivity index (χ2v) is 4.17. The second-order valence-electron chi connectivity index (χ2n) is 2.89. The van der Waals surface area contributed by atoms with E-state index in [9.17, 15) is 0 Å². The van der Waals surface area contributed by atoms with Crippen LogP contribution in [0.25, 0.3) is 0 Å². The van der Waals surface area contributed by atoms with Crippen molar-refractivity contribution in [2.75, 3.05) is 0 Å². The van der Waals surface area contributed by atoms with Crippen LogP contribution in [0.4, 0.5) is 0 Å². The maximum absolute atomic E-state index is 3.22. The van der Waals surface area contributed by atoms with Crippen molar-refractivity contribution in [1.29, 1.82) is 0 Å². The minimum absolute atomic E-state index is 0.684. The van der Waals surface area contributed by atoms with E-state index in [2.05, 4.69) is 30.4 Å². The molecule has 1 radical (unpaired) electrons. The van der Waals surface area contributed by atoms with E-state index in [0.717, 1.165) is 0 Å². The highest BCUT2D eigenvalue weighted by Crippen LogP contribution is 2.29. The summed E-state index contributed by atoms with van der Waals surface area (Å²) in [4.78, 5) is 1.26. The van der Waals surface area contributed by atoms with Crippen LogP contribution in [0.15, 0.2) is 41.3 Å². The van der Waals surface area contributed by atoms with Crippen LogP contribution in [0.3, 0.4) is 0 Å². The van der Waals surface area contributed by atoms with Crippen LogP contribution in [-0.4, -0.2) is 5.25 Å². The van der Waals surface area contributed by atoms with Gasteiger partial charge >= 0.3 is 0 Å². The van der Waals surface area contributed by atoms with Crippen molar-refractivity contribution in [3.05, 3.63) is 42.5 Å². The molecule has 0 bridgehead atoms. The first-order valence-electron chi connectivity index (χ1n) is 4.25. The molecule has 0 heterocycles. The van der Waals surface area contributed by atoms with Gasteiger partial charge in [0.05, 0.1) is 0 Å². The van der Waals surface area contributed by atoms with Gasteiger partial charge in [0.2, 0.25) is 0 Å². The molecule has 1 aliphatic rings. The molecule has 12 heavy (non-hydrogen) atoms. The minimum atomic E-state index is 0.684. The summed E-state index contributed by atoms with van der Waals surface area (Å²) in [6.45, 7) is 0. The molecule has 2 rings (SSSR count). The van der Waals surface area contributed by atoms with Gasteiger partial charge in [0.1, 0.15) is 0 Å². The van der Waals surface area contributed by atoms with Crippen molar-refractivity contribution in [2.24, 2.45) is 0 Å².